The number of benzene rings is 2. The zero-order valence-corrected chi connectivity index (χ0v) is 16.6. The lowest BCUT2D eigenvalue weighted by molar-refractivity contribution is 0.102. The molecule has 0 aliphatic heterocycles. The highest BCUT2D eigenvalue weighted by atomic mass is 32.1. The van der Waals surface area contributed by atoms with Gasteiger partial charge in [0.05, 0.1) is 10.2 Å². The predicted octanol–water partition coefficient (Wildman–Crippen LogP) is 6.30. The quantitative estimate of drug-likeness (QED) is 0.432. The van der Waals surface area contributed by atoms with E-state index >= 15 is 0 Å². The first-order valence-corrected chi connectivity index (χ1v) is 10.9. The van der Waals surface area contributed by atoms with E-state index in [-0.39, 0.29) is 5.91 Å². The highest BCUT2D eigenvalue weighted by molar-refractivity contribution is 7.22. The number of carbonyl (C=O) groups is 1. The highest BCUT2D eigenvalue weighted by Crippen LogP contribution is 2.46. The first-order valence-electron chi connectivity index (χ1n) is 9.26. The SMILES string of the molecule is O=C(Nc1sc2c(c1-c1nc3ccccc3s1)CCCC2)c1cccc(F)c1. The number of para-hydroxylation sites is 1. The molecule has 3 nitrogen and oxygen atoms in total. The van der Waals surface area contributed by atoms with E-state index in [0.29, 0.717) is 5.56 Å². The molecule has 1 N–H and O–H groups in total. The molecular formula is C22H17FN2OS2. The van der Waals surface area contributed by atoms with Gasteiger partial charge in [0.25, 0.3) is 5.91 Å². The van der Waals surface area contributed by atoms with Gasteiger partial charge in [-0.3, -0.25) is 4.79 Å². The lowest BCUT2D eigenvalue weighted by Crippen LogP contribution is -2.11. The fraction of sp³-hybridized carbons (Fsp3) is 0.182. The van der Waals surface area contributed by atoms with Crippen LogP contribution in [0.5, 0.6) is 0 Å². The Morgan fingerprint density at radius 2 is 1.89 bits per heavy atom. The number of aryl methyl sites for hydroxylation is 1. The van der Waals surface area contributed by atoms with Crippen molar-refractivity contribution in [1.82, 2.24) is 4.98 Å². The number of halogens is 1. The largest absolute Gasteiger partial charge is 0.313 e. The number of nitrogens with one attached hydrogen (secondary N) is 1. The molecule has 2 aromatic carbocycles. The zero-order valence-electron chi connectivity index (χ0n) is 15.0. The molecule has 6 heteroatoms. The molecule has 0 bridgehead atoms. The van der Waals surface area contributed by atoms with Crippen molar-refractivity contribution in [2.24, 2.45) is 0 Å². The van der Waals surface area contributed by atoms with Crippen molar-refractivity contribution < 1.29 is 9.18 Å². The molecule has 0 spiro atoms. The Morgan fingerprint density at radius 1 is 1.04 bits per heavy atom. The fourth-order valence-corrected chi connectivity index (χ4v) is 6.06. The molecule has 4 aromatic rings. The minimum absolute atomic E-state index is 0.291. The van der Waals surface area contributed by atoms with E-state index in [1.54, 1.807) is 34.8 Å². The molecule has 0 unspecified atom stereocenters. The van der Waals surface area contributed by atoms with Crippen molar-refractivity contribution in [2.75, 3.05) is 5.32 Å². The summed E-state index contributed by atoms with van der Waals surface area (Å²) in [7, 11) is 0. The van der Waals surface area contributed by atoms with E-state index < -0.39 is 5.82 Å². The van der Waals surface area contributed by atoms with Gasteiger partial charge in [-0.05, 0) is 61.6 Å². The maximum absolute atomic E-state index is 13.5. The van der Waals surface area contributed by atoms with Crippen LogP contribution in [-0.2, 0) is 12.8 Å². The fourth-order valence-electron chi connectivity index (χ4n) is 3.66. The minimum atomic E-state index is -0.412. The van der Waals surface area contributed by atoms with Gasteiger partial charge in [0.1, 0.15) is 15.8 Å². The van der Waals surface area contributed by atoms with Crippen LogP contribution in [0.1, 0.15) is 33.6 Å². The van der Waals surface area contributed by atoms with Gasteiger partial charge in [0, 0.05) is 16.0 Å². The predicted molar refractivity (Wildman–Crippen MR) is 114 cm³/mol. The number of hydrogen-bond acceptors (Lipinski definition) is 4. The van der Waals surface area contributed by atoms with Crippen LogP contribution in [0.2, 0.25) is 0 Å². The summed E-state index contributed by atoms with van der Waals surface area (Å²) in [6, 6.07) is 13.9. The summed E-state index contributed by atoms with van der Waals surface area (Å²) in [5, 5.41) is 4.79. The van der Waals surface area contributed by atoms with Gasteiger partial charge in [0.15, 0.2) is 0 Å². The van der Waals surface area contributed by atoms with Crippen LogP contribution in [0.3, 0.4) is 0 Å². The topological polar surface area (TPSA) is 42.0 Å². The number of hydrogen-bond donors (Lipinski definition) is 1. The van der Waals surface area contributed by atoms with Crippen molar-refractivity contribution >= 4 is 43.8 Å². The van der Waals surface area contributed by atoms with E-state index in [2.05, 4.69) is 11.4 Å². The van der Waals surface area contributed by atoms with E-state index in [0.717, 1.165) is 45.1 Å². The van der Waals surface area contributed by atoms with Gasteiger partial charge in [-0.25, -0.2) is 9.37 Å². The minimum Gasteiger partial charge on any atom is -0.313 e. The molecule has 28 heavy (non-hydrogen) atoms. The van der Waals surface area contributed by atoms with Crippen LogP contribution in [0.15, 0.2) is 48.5 Å². The lowest BCUT2D eigenvalue weighted by atomic mass is 9.95. The Balaban J connectivity index is 1.59. The third-order valence-electron chi connectivity index (χ3n) is 4.99. The first-order chi connectivity index (χ1) is 13.7. The molecule has 140 valence electrons. The summed E-state index contributed by atoms with van der Waals surface area (Å²) < 4.78 is 14.7. The van der Waals surface area contributed by atoms with Gasteiger partial charge >= 0.3 is 0 Å². The van der Waals surface area contributed by atoms with Crippen molar-refractivity contribution in [3.63, 3.8) is 0 Å². The van der Waals surface area contributed by atoms with Gasteiger partial charge in [-0.15, -0.1) is 22.7 Å². The maximum Gasteiger partial charge on any atom is 0.256 e. The summed E-state index contributed by atoms with van der Waals surface area (Å²) in [5.41, 5.74) is 3.65. The number of nitrogens with zero attached hydrogens (tertiary/aromatic N) is 1. The smallest absolute Gasteiger partial charge is 0.256 e. The number of amides is 1. The Labute approximate surface area is 169 Å². The van der Waals surface area contributed by atoms with Crippen molar-refractivity contribution in [3.05, 3.63) is 70.4 Å². The number of thiazole rings is 1. The Kier molecular flexibility index (Phi) is 4.45. The summed E-state index contributed by atoms with van der Waals surface area (Å²) in [6.07, 6.45) is 4.36. The van der Waals surface area contributed by atoms with Crippen LogP contribution in [0, 0.1) is 5.82 Å². The lowest BCUT2D eigenvalue weighted by Gasteiger charge is -2.11. The van der Waals surface area contributed by atoms with Gasteiger partial charge in [-0.1, -0.05) is 18.2 Å². The summed E-state index contributed by atoms with van der Waals surface area (Å²) in [6.45, 7) is 0. The van der Waals surface area contributed by atoms with Crippen LogP contribution in [0.4, 0.5) is 9.39 Å². The monoisotopic (exact) mass is 408 g/mol. The van der Waals surface area contributed by atoms with Crippen molar-refractivity contribution in [1.29, 1.82) is 0 Å². The molecule has 5 rings (SSSR count). The second kappa shape index (κ2) is 7.11. The normalized spacial score (nSPS) is 13.5. The molecule has 1 amide bonds. The summed E-state index contributed by atoms with van der Waals surface area (Å²) in [4.78, 5) is 18.9. The Hall–Kier alpha value is -2.57. The molecule has 0 atom stereocenters. The number of carbonyl (C=O) groups excluding carboxylic acids is 1. The van der Waals surface area contributed by atoms with E-state index in [4.69, 9.17) is 4.98 Å². The maximum atomic E-state index is 13.5. The number of thiophene rings is 1. The number of aromatic nitrogens is 1. The molecule has 0 fully saturated rings. The zero-order chi connectivity index (χ0) is 19.1. The Bertz CT molecular complexity index is 1160. The highest BCUT2D eigenvalue weighted by Gasteiger charge is 2.25. The van der Waals surface area contributed by atoms with Crippen LogP contribution in [-0.4, -0.2) is 10.9 Å². The van der Waals surface area contributed by atoms with E-state index in [1.807, 2.05) is 18.2 Å². The summed E-state index contributed by atoms with van der Waals surface area (Å²) in [5.74, 6) is -0.704. The van der Waals surface area contributed by atoms with Crippen LogP contribution < -0.4 is 5.32 Å². The van der Waals surface area contributed by atoms with Crippen molar-refractivity contribution in [3.8, 4) is 10.6 Å². The second-order valence-corrected chi connectivity index (χ2v) is 9.00. The van der Waals surface area contributed by atoms with E-state index in [9.17, 15) is 9.18 Å². The molecule has 0 radical (unpaired) electrons. The van der Waals surface area contributed by atoms with E-state index in [1.165, 1.54) is 29.0 Å². The molecule has 0 saturated carbocycles. The molecular weight excluding hydrogens is 391 g/mol. The van der Waals surface area contributed by atoms with Gasteiger partial charge < -0.3 is 5.32 Å². The van der Waals surface area contributed by atoms with Crippen LogP contribution >= 0.6 is 22.7 Å². The average Bonchev–Trinajstić information content (AvgIpc) is 3.28. The third kappa shape index (κ3) is 3.12. The first kappa shape index (κ1) is 17.5. The average molecular weight is 409 g/mol. The standard InChI is InChI=1S/C22H17FN2OS2/c23-14-7-5-6-13(12-14)20(26)25-22-19(15-8-1-3-10-17(15)27-22)21-24-16-9-2-4-11-18(16)28-21/h2,4-7,9,11-12H,1,3,8,10H2,(H,25,26). The second-order valence-electron chi connectivity index (χ2n) is 6.87. The number of rotatable bonds is 3. The Morgan fingerprint density at radius 3 is 2.75 bits per heavy atom. The number of fused-ring (bicyclic) bond motifs is 2. The molecule has 1 aliphatic carbocycles. The van der Waals surface area contributed by atoms with Crippen LogP contribution in [0.25, 0.3) is 20.8 Å². The third-order valence-corrected chi connectivity index (χ3v) is 7.25. The van der Waals surface area contributed by atoms with Gasteiger partial charge in [-0.2, -0.15) is 0 Å². The molecule has 0 saturated heterocycles. The van der Waals surface area contributed by atoms with Crippen molar-refractivity contribution in [2.45, 2.75) is 25.7 Å². The molecule has 2 aromatic heterocycles. The molecule has 1 aliphatic rings. The van der Waals surface area contributed by atoms with Gasteiger partial charge in [0.2, 0.25) is 0 Å². The number of anilines is 1. The molecule has 2 heterocycles. The summed E-state index contributed by atoms with van der Waals surface area (Å²) >= 11 is 3.29.